The number of carbonyl (C=O) groups is 2. The number of halogens is 1. The molecule has 0 heterocycles. The predicted octanol–water partition coefficient (Wildman–Crippen LogP) is 3.12. The topological polar surface area (TPSA) is 70.6 Å². The summed E-state index contributed by atoms with van der Waals surface area (Å²) in [5, 5.41) is 6.65. The molecule has 0 saturated carbocycles. The van der Waals surface area contributed by atoms with E-state index in [-0.39, 0.29) is 12.1 Å². The Morgan fingerprint density at radius 2 is 1.73 bits per heavy atom. The van der Waals surface area contributed by atoms with Crippen LogP contribution in [0.2, 0.25) is 0 Å². The molecule has 2 amide bonds. The summed E-state index contributed by atoms with van der Waals surface area (Å²) in [5.74, 6) is -1.10. The molecule has 0 aliphatic carbocycles. The molecule has 0 aliphatic heterocycles. The van der Waals surface area contributed by atoms with Crippen LogP contribution < -0.4 is 10.7 Å². The van der Waals surface area contributed by atoms with Crippen molar-refractivity contribution < 1.29 is 14.0 Å². The van der Waals surface area contributed by atoms with E-state index in [4.69, 9.17) is 0 Å². The van der Waals surface area contributed by atoms with E-state index in [1.54, 1.807) is 0 Å². The molecule has 2 rings (SSSR count). The van der Waals surface area contributed by atoms with Crippen LogP contribution in [0.5, 0.6) is 0 Å². The maximum atomic E-state index is 13.1. The summed E-state index contributed by atoms with van der Waals surface area (Å²) in [6.45, 7) is 3.89. The third-order valence-corrected chi connectivity index (χ3v) is 3.52. The molecule has 0 radical (unpaired) electrons. The average Bonchev–Trinajstić information content (AvgIpc) is 2.63. The fourth-order valence-corrected chi connectivity index (χ4v) is 2.31. The Labute approximate surface area is 152 Å². The molecular weight excluding hydrogens is 333 g/mol. The highest BCUT2D eigenvalue weighted by atomic mass is 19.1. The lowest BCUT2D eigenvalue weighted by Crippen LogP contribution is -2.35. The molecule has 0 spiro atoms. The van der Waals surface area contributed by atoms with E-state index >= 15 is 0 Å². The van der Waals surface area contributed by atoms with Crippen LogP contribution in [-0.4, -0.2) is 24.1 Å². The minimum Gasteiger partial charge on any atom is -0.343 e. The van der Waals surface area contributed by atoms with Crippen molar-refractivity contribution >= 4 is 17.5 Å². The zero-order chi connectivity index (χ0) is 18.9. The minimum absolute atomic E-state index is 0.158. The molecule has 5 nitrogen and oxygen atoms in total. The van der Waals surface area contributed by atoms with Crippen molar-refractivity contribution in [2.45, 2.75) is 20.3 Å². The summed E-state index contributed by atoms with van der Waals surface area (Å²) in [6, 6.07) is 14.9. The number of carbonyl (C=O) groups excluding carboxylic acids is 2. The van der Waals surface area contributed by atoms with Crippen LogP contribution in [0.4, 0.5) is 4.39 Å². The Balaban J connectivity index is 1.94. The second-order valence-corrected chi connectivity index (χ2v) is 6.25. The number of hydrogen-bond acceptors (Lipinski definition) is 3. The second kappa shape index (κ2) is 9.46. The lowest BCUT2D eigenvalue weighted by atomic mass is 10.0. The summed E-state index contributed by atoms with van der Waals surface area (Å²) in [5.41, 5.74) is 4.33. The number of rotatable bonds is 7. The first-order chi connectivity index (χ1) is 12.5. The molecule has 2 N–H and O–H groups in total. The number of hydrazone groups is 1. The van der Waals surface area contributed by atoms with Crippen LogP contribution in [0, 0.1) is 11.7 Å². The smallest absolute Gasteiger partial charge is 0.259 e. The van der Waals surface area contributed by atoms with Crippen molar-refractivity contribution in [3.05, 3.63) is 71.5 Å². The van der Waals surface area contributed by atoms with Crippen molar-refractivity contribution in [3.8, 4) is 0 Å². The zero-order valence-corrected chi connectivity index (χ0v) is 14.8. The van der Waals surface area contributed by atoms with Gasteiger partial charge in [0.1, 0.15) is 5.82 Å². The molecule has 0 saturated heterocycles. The number of benzene rings is 2. The molecule has 0 atom stereocenters. The van der Waals surface area contributed by atoms with E-state index in [1.165, 1.54) is 18.2 Å². The molecule has 0 aliphatic rings. The van der Waals surface area contributed by atoms with E-state index in [2.05, 4.69) is 29.7 Å². The number of hydrogen-bond donors (Lipinski definition) is 2. The van der Waals surface area contributed by atoms with Crippen LogP contribution in [0.3, 0.4) is 0 Å². The molecule has 0 unspecified atom stereocenters. The Morgan fingerprint density at radius 3 is 2.38 bits per heavy atom. The van der Waals surface area contributed by atoms with Gasteiger partial charge in [-0.3, -0.25) is 9.59 Å². The van der Waals surface area contributed by atoms with Gasteiger partial charge in [0.05, 0.1) is 12.3 Å². The normalized spacial score (nSPS) is 11.3. The molecule has 6 heteroatoms. The van der Waals surface area contributed by atoms with Gasteiger partial charge >= 0.3 is 0 Å². The second-order valence-electron chi connectivity index (χ2n) is 6.25. The number of nitrogens with one attached hydrogen (secondary N) is 2. The molecule has 136 valence electrons. The van der Waals surface area contributed by atoms with E-state index in [1.807, 2.05) is 30.3 Å². The van der Waals surface area contributed by atoms with Gasteiger partial charge in [-0.05, 0) is 36.1 Å². The highest BCUT2D eigenvalue weighted by Crippen LogP contribution is 2.10. The summed E-state index contributed by atoms with van der Waals surface area (Å²) in [4.78, 5) is 23.9. The standard InChI is InChI=1S/C20H22FN3O2/c1-14(2)11-18(15-7-4-3-5-8-15)23-24-19(25)13-22-20(26)16-9-6-10-17(21)12-16/h3-10,12,14H,11,13H2,1-2H3,(H,22,26)(H,24,25). The van der Waals surface area contributed by atoms with Crippen molar-refractivity contribution in [2.75, 3.05) is 6.54 Å². The minimum atomic E-state index is -0.519. The molecule has 2 aromatic rings. The van der Waals surface area contributed by atoms with Crippen molar-refractivity contribution in [3.63, 3.8) is 0 Å². The SMILES string of the molecule is CC(C)CC(=NNC(=O)CNC(=O)c1cccc(F)c1)c1ccccc1. The van der Waals surface area contributed by atoms with Gasteiger partial charge in [-0.25, -0.2) is 9.82 Å². The third-order valence-electron chi connectivity index (χ3n) is 3.52. The van der Waals surface area contributed by atoms with E-state index in [0.29, 0.717) is 12.3 Å². The Hall–Kier alpha value is -3.02. The van der Waals surface area contributed by atoms with E-state index in [9.17, 15) is 14.0 Å². The predicted molar refractivity (Wildman–Crippen MR) is 99.3 cm³/mol. The van der Waals surface area contributed by atoms with Crippen molar-refractivity contribution in [1.29, 1.82) is 0 Å². The number of nitrogens with zero attached hydrogens (tertiary/aromatic N) is 1. The molecule has 0 fully saturated rings. The molecule has 0 bridgehead atoms. The van der Waals surface area contributed by atoms with Crippen LogP contribution in [-0.2, 0) is 4.79 Å². The van der Waals surface area contributed by atoms with Crippen LogP contribution >= 0.6 is 0 Å². The van der Waals surface area contributed by atoms with Crippen molar-refractivity contribution in [1.82, 2.24) is 10.7 Å². The zero-order valence-electron chi connectivity index (χ0n) is 14.8. The van der Waals surface area contributed by atoms with Gasteiger partial charge in [0.15, 0.2) is 0 Å². The summed E-state index contributed by atoms with van der Waals surface area (Å²) in [7, 11) is 0. The lowest BCUT2D eigenvalue weighted by molar-refractivity contribution is -0.120. The van der Waals surface area contributed by atoms with Gasteiger partial charge in [0.2, 0.25) is 0 Å². The van der Waals surface area contributed by atoms with E-state index in [0.717, 1.165) is 17.3 Å². The Morgan fingerprint density at radius 1 is 1.04 bits per heavy atom. The third kappa shape index (κ3) is 6.12. The molecule has 2 aromatic carbocycles. The first kappa shape index (κ1) is 19.3. The Bertz CT molecular complexity index is 789. The average molecular weight is 355 g/mol. The van der Waals surface area contributed by atoms with Crippen LogP contribution in [0.25, 0.3) is 0 Å². The number of amides is 2. The van der Waals surface area contributed by atoms with Gasteiger partial charge in [0.25, 0.3) is 11.8 Å². The van der Waals surface area contributed by atoms with Gasteiger partial charge in [-0.2, -0.15) is 5.10 Å². The van der Waals surface area contributed by atoms with E-state index < -0.39 is 17.6 Å². The van der Waals surface area contributed by atoms with Crippen LogP contribution in [0.1, 0.15) is 36.2 Å². The fourth-order valence-electron chi connectivity index (χ4n) is 2.31. The molecule has 0 aromatic heterocycles. The molecular formula is C20H22FN3O2. The highest BCUT2D eigenvalue weighted by Gasteiger charge is 2.10. The quantitative estimate of drug-likeness (QED) is 0.592. The highest BCUT2D eigenvalue weighted by molar-refractivity contribution is 6.01. The maximum absolute atomic E-state index is 13.1. The summed E-state index contributed by atoms with van der Waals surface area (Å²) < 4.78 is 13.1. The largest absolute Gasteiger partial charge is 0.343 e. The van der Waals surface area contributed by atoms with Crippen LogP contribution in [0.15, 0.2) is 59.7 Å². The van der Waals surface area contributed by atoms with Crippen molar-refractivity contribution in [2.24, 2.45) is 11.0 Å². The fraction of sp³-hybridized carbons (Fsp3) is 0.250. The summed E-state index contributed by atoms with van der Waals surface area (Å²) in [6.07, 6.45) is 0.708. The van der Waals surface area contributed by atoms with Gasteiger partial charge in [-0.15, -0.1) is 0 Å². The summed E-state index contributed by atoms with van der Waals surface area (Å²) >= 11 is 0. The monoisotopic (exact) mass is 355 g/mol. The lowest BCUT2D eigenvalue weighted by Gasteiger charge is -2.10. The van der Waals surface area contributed by atoms with Gasteiger partial charge in [-0.1, -0.05) is 50.2 Å². The Kier molecular flexibility index (Phi) is 7.02. The van der Waals surface area contributed by atoms with Gasteiger partial charge < -0.3 is 5.32 Å². The first-order valence-corrected chi connectivity index (χ1v) is 8.40. The molecule has 26 heavy (non-hydrogen) atoms. The maximum Gasteiger partial charge on any atom is 0.259 e. The van der Waals surface area contributed by atoms with Gasteiger partial charge in [0, 0.05) is 5.56 Å². The first-order valence-electron chi connectivity index (χ1n) is 8.40.